The average Bonchev–Trinajstić information content (AvgIpc) is 2.83. The molecule has 1 heterocycles. The van der Waals surface area contributed by atoms with Gasteiger partial charge in [-0.1, -0.05) is 12.8 Å². The Bertz CT molecular complexity index is 245. The van der Waals surface area contributed by atoms with Crippen LogP contribution < -0.4 is 0 Å². The standard InChI is InChI=1S/C12H20N2S/c1-15-12(10-13)6-8-14(9-7-12)11-4-2-3-5-11/h11H,2-9H2,1H3. The number of nitrogens with zero attached hydrogens (tertiary/aromatic N) is 2. The summed E-state index contributed by atoms with van der Waals surface area (Å²) in [5, 5.41) is 9.20. The summed E-state index contributed by atoms with van der Waals surface area (Å²) < 4.78 is -0.0743. The molecule has 0 spiro atoms. The van der Waals surface area contributed by atoms with Crippen LogP contribution in [0.15, 0.2) is 0 Å². The first-order valence-corrected chi connectivity index (χ1v) is 7.22. The Kier molecular flexibility index (Phi) is 3.58. The average molecular weight is 224 g/mol. The molecule has 0 aromatic rings. The van der Waals surface area contributed by atoms with Crippen molar-refractivity contribution in [2.24, 2.45) is 0 Å². The van der Waals surface area contributed by atoms with Crippen LogP contribution in [-0.4, -0.2) is 35.0 Å². The fourth-order valence-corrected chi connectivity index (χ4v) is 3.56. The summed E-state index contributed by atoms with van der Waals surface area (Å²) in [7, 11) is 0. The Morgan fingerprint density at radius 2 is 1.87 bits per heavy atom. The first-order chi connectivity index (χ1) is 7.29. The molecule has 15 heavy (non-hydrogen) atoms. The van der Waals surface area contributed by atoms with E-state index in [1.807, 2.05) is 0 Å². The number of rotatable bonds is 2. The molecular weight excluding hydrogens is 204 g/mol. The molecule has 2 fully saturated rings. The minimum atomic E-state index is -0.0743. The van der Waals surface area contributed by atoms with Gasteiger partial charge >= 0.3 is 0 Å². The van der Waals surface area contributed by atoms with Crippen molar-refractivity contribution in [3.8, 4) is 6.07 Å². The lowest BCUT2D eigenvalue weighted by Gasteiger charge is -2.39. The Labute approximate surface area is 97.0 Å². The first-order valence-electron chi connectivity index (χ1n) is 6.00. The highest BCUT2D eigenvalue weighted by molar-refractivity contribution is 8.00. The molecule has 84 valence electrons. The van der Waals surface area contributed by atoms with Gasteiger partial charge in [-0.3, -0.25) is 0 Å². The van der Waals surface area contributed by atoms with Crippen LogP contribution in [0.2, 0.25) is 0 Å². The predicted molar refractivity (Wildman–Crippen MR) is 64.9 cm³/mol. The number of hydrogen-bond donors (Lipinski definition) is 0. The molecule has 1 aliphatic heterocycles. The highest BCUT2D eigenvalue weighted by Gasteiger charge is 2.36. The van der Waals surface area contributed by atoms with Crippen LogP contribution in [0.4, 0.5) is 0 Å². The molecule has 1 saturated heterocycles. The minimum absolute atomic E-state index is 0.0743. The van der Waals surface area contributed by atoms with Crippen molar-refractivity contribution in [1.29, 1.82) is 5.26 Å². The Morgan fingerprint density at radius 3 is 2.33 bits per heavy atom. The molecule has 0 unspecified atom stereocenters. The van der Waals surface area contributed by atoms with Gasteiger partial charge in [-0.15, -0.1) is 11.8 Å². The van der Waals surface area contributed by atoms with Crippen molar-refractivity contribution in [3.63, 3.8) is 0 Å². The van der Waals surface area contributed by atoms with Crippen molar-refractivity contribution in [2.45, 2.75) is 49.3 Å². The molecule has 0 amide bonds. The summed E-state index contributed by atoms with van der Waals surface area (Å²) in [5.74, 6) is 0. The maximum absolute atomic E-state index is 9.20. The van der Waals surface area contributed by atoms with Crippen molar-refractivity contribution < 1.29 is 0 Å². The maximum atomic E-state index is 9.20. The second-order valence-corrected chi connectivity index (χ2v) is 5.97. The lowest BCUT2D eigenvalue weighted by molar-refractivity contribution is 0.157. The SMILES string of the molecule is CSC1(C#N)CCN(C2CCCC2)CC1. The van der Waals surface area contributed by atoms with Gasteiger partial charge < -0.3 is 4.90 Å². The van der Waals surface area contributed by atoms with Gasteiger partial charge in [0, 0.05) is 19.1 Å². The second-order valence-electron chi connectivity index (χ2n) is 4.78. The number of nitriles is 1. The molecule has 0 N–H and O–H groups in total. The molecular formula is C12H20N2S. The van der Waals surface area contributed by atoms with Gasteiger partial charge in [0.2, 0.25) is 0 Å². The predicted octanol–water partition coefficient (Wildman–Crippen LogP) is 2.65. The molecule has 2 aliphatic rings. The van der Waals surface area contributed by atoms with E-state index in [2.05, 4.69) is 17.2 Å². The van der Waals surface area contributed by atoms with Crippen molar-refractivity contribution in [1.82, 2.24) is 4.90 Å². The minimum Gasteiger partial charge on any atom is -0.300 e. The third-order valence-corrected chi connectivity index (χ3v) is 5.32. The first kappa shape index (κ1) is 11.3. The van der Waals surface area contributed by atoms with Crippen LogP contribution in [0.25, 0.3) is 0 Å². The lowest BCUT2D eigenvalue weighted by atomic mass is 9.96. The van der Waals surface area contributed by atoms with Gasteiger partial charge in [-0.2, -0.15) is 5.26 Å². The van der Waals surface area contributed by atoms with Gasteiger partial charge in [0.1, 0.15) is 4.75 Å². The molecule has 0 aromatic heterocycles. The van der Waals surface area contributed by atoms with Crippen LogP contribution >= 0.6 is 11.8 Å². The van der Waals surface area contributed by atoms with Crippen molar-refractivity contribution in [3.05, 3.63) is 0 Å². The zero-order valence-corrected chi connectivity index (χ0v) is 10.4. The lowest BCUT2D eigenvalue weighted by Crippen LogP contribution is -2.45. The molecule has 1 aliphatic carbocycles. The summed E-state index contributed by atoms with van der Waals surface area (Å²) in [4.78, 5) is 2.62. The zero-order valence-electron chi connectivity index (χ0n) is 9.54. The topological polar surface area (TPSA) is 27.0 Å². The zero-order chi connectivity index (χ0) is 10.7. The van der Waals surface area contributed by atoms with Gasteiger partial charge in [0.25, 0.3) is 0 Å². The number of likely N-dealkylation sites (tertiary alicyclic amines) is 1. The van der Waals surface area contributed by atoms with Gasteiger partial charge in [0.05, 0.1) is 6.07 Å². The van der Waals surface area contributed by atoms with Crippen LogP contribution in [0.3, 0.4) is 0 Å². The van der Waals surface area contributed by atoms with E-state index < -0.39 is 0 Å². The molecule has 0 bridgehead atoms. The third kappa shape index (κ3) is 2.32. The van der Waals surface area contributed by atoms with Gasteiger partial charge in [0.15, 0.2) is 0 Å². The van der Waals surface area contributed by atoms with Crippen LogP contribution in [0.5, 0.6) is 0 Å². The highest BCUT2D eigenvalue weighted by Crippen LogP contribution is 2.36. The summed E-state index contributed by atoms with van der Waals surface area (Å²) in [6.07, 6.45) is 9.79. The highest BCUT2D eigenvalue weighted by atomic mass is 32.2. The smallest absolute Gasteiger partial charge is 0.104 e. The molecule has 0 aromatic carbocycles. The fraction of sp³-hybridized carbons (Fsp3) is 0.917. The fourth-order valence-electron chi connectivity index (χ4n) is 2.88. The van der Waals surface area contributed by atoms with E-state index in [0.717, 1.165) is 32.0 Å². The number of piperidine rings is 1. The van der Waals surface area contributed by atoms with Crippen molar-refractivity contribution >= 4 is 11.8 Å². The Morgan fingerprint density at radius 1 is 1.27 bits per heavy atom. The van der Waals surface area contributed by atoms with Gasteiger partial charge in [-0.25, -0.2) is 0 Å². The molecule has 1 saturated carbocycles. The van der Waals surface area contributed by atoms with E-state index in [1.54, 1.807) is 11.8 Å². The molecule has 0 atom stereocenters. The molecule has 2 rings (SSSR count). The van der Waals surface area contributed by atoms with E-state index in [4.69, 9.17) is 0 Å². The number of thioether (sulfide) groups is 1. The van der Waals surface area contributed by atoms with Crippen molar-refractivity contribution in [2.75, 3.05) is 19.3 Å². The monoisotopic (exact) mass is 224 g/mol. The second kappa shape index (κ2) is 4.76. The van der Waals surface area contributed by atoms with E-state index in [0.29, 0.717) is 0 Å². The normalized spacial score (nSPS) is 27.7. The van der Waals surface area contributed by atoms with Gasteiger partial charge in [-0.05, 0) is 31.9 Å². The largest absolute Gasteiger partial charge is 0.300 e. The third-order valence-electron chi connectivity index (χ3n) is 4.04. The van der Waals surface area contributed by atoms with E-state index in [9.17, 15) is 5.26 Å². The summed E-state index contributed by atoms with van der Waals surface area (Å²) in [6.45, 7) is 2.28. The van der Waals surface area contributed by atoms with Crippen LogP contribution in [-0.2, 0) is 0 Å². The molecule has 2 nitrogen and oxygen atoms in total. The Hall–Kier alpha value is -0.200. The number of hydrogen-bond acceptors (Lipinski definition) is 3. The molecule has 0 radical (unpaired) electrons. The summed E-state index contributed by atoms with van der Waals surface area (Å²) >= 11 is 1.75. The molecule has 3 heteroatoms. The van der Waals surface area contributed by atoms with Crippen LogP contribution in [0, 0.1) is 11.3 Å². The maximum Gasteiger partial charge on any atom is 0.104 e. The van der Waals surface area contributed by atoms with Crippen LogP contribution in [0.1, 0.15) is 38.5 Å². The summed E-state index contributed by atoms with van der Waals surface area (Å²) in [5.41, 5.74) is 0. The van der Waals surface area contributed by atoms with E-state index in [-0.39, 0.29) is 4.75 Å². The quantitative estimate of drug-likeness (QED) is 0.721. The van der Waals surface area contributed by atoms with E-state index in [1.165, 1.54) is 25.7 Å². The van der Waals surface area contributed by atoms with E-state index >= 15 is 0 Å². The Balaban J connectivity index is 1.88. The summed E-state index contributed by atoms with van der Waals surface area (Å²) in [6, 6.07) is 3.35.